The Morgan fingerprint density at radius 3 is 2.18 bits per heavy atom. The van der Waals surface area contributed by atoms with Gasteiger partial charge in [0.1, 0.15) is 11.6 Å². The summed E-state index contributed by atoms with van der Waals surface area (Å²) in [4.78, 5) is 27.7. The summed E-state index contributed by atoms with van der Waals surface area (Å²) < 4.78 is 5.11. The Kier molecular flexibility index (Phi) is 6.01. The molecule has 0 fully saturated rings. The molecular weight excluding hydrogens is 354 g/mol. The number of ketones is 1. The molecule has 6 nitrogen and oxygen atoms in total. The molecule has 2 aromatic carbocycles. The summed E-state index contributed by atoms with van der Waals surface area (Å²) in [7, 11) is 1.60. The van der Waals surface area contributed by atoms with Crippen LogP contribution in [0.15, 0.2) is 66.9 Å². The molecule has 0 aliphatic rings. The molecule has 3 aromatic rings. The molecular formula is C22H21N3O3. The summed E-state index contributed by atoms with van der Waals surface area (Å²) in [6.07, 6.45) is 1.90. The van der Waals surface area contributed by atoms with Crippen LogP contribution in [-0.2, 0) is 11.2 Å². The van der Waals surface area contributed by atoms with Crippen LogP contribution in [0.1, 0.15) is 22.8 Å². The van der Waals surface area contributed by atoms with Crippen molar-refractivity contribution >= 4 is 28.9 Å². The molecule has 0 atom stereocenters. The summed E-state index contributed by atoms with van der Waals surface area (Å²) in [5.74, 6) is 1.13. The number of Topliss-reactive ketones (excluding diaryl/α,β-unsaturated/α-hetero) is 1. The van der Waals surface area contributed by atoms with Crippen LogP contribution < -0.4 is 15.4 Å². The molecule has 0 aliphatic heterocycles. The Bertz CT molecular complexity index is 950. The van der Waals surface area contributed by atoms with Gasteiger partial charge in [-0.1, -0.05) is 12.1 Å². The van der Waals surface area contributed by atoms with E-state index in [2.05, 4.69) is 15.6 Å². The third-order valence-electron chi connectivity index (χ3n) is 4.13. The molecule has 1 amide bonds. The van der Waals surface area contributed by atoms with E-state index in [1.54, 1.807) is 31.5 Å². The molecule has 0 aliphatic carbocycles. The van der Waals surface area contributed by atoms with Gasteiger partial charge in [0.25, 0.3) is 0 Å². The standard InChI is InChI=1S/C22H21N3O3/c1-15(26)17-5-7-18(8-6-17)24-19-9-12-21(23-14-19)25-22(27)13-16-3-10-20(28-2)11-4-16/h3-12,14,24H,13H2,1-2H3,(H,23,25,27). The van der Waals surface area contributed by atoms with Crippen LogP contribution >= 0.6 is 0 Å². The summed E-state index contributed by atoms with van der Waals surface area (Å²) in [5, 5.41) is 5.99. The molecule has 3 rings (SSSR count). The number of nitrogens with one attached hydrogen (secondary N) is 2. The lowest BCUT2D eigenvalue weighted by Gasteiger charge is -2.09. The van der Waals surface area contributed by atoms with Gasteiger partial charge in [-0.05, 0) is 61.0 Å². The first-order valence-electron chi connectivity index (χ1n) is 8.80. The smallest absolute Gasteiger partial charge is 0.229 e. The highest BCUT2D eigenvalue weighted by atomic mass is 16.5. The van der Waals surface area contributed by atoms with Gasteiger partial charge >= 0.3 is 0 Å². The fourth-order valence-electron chi connectivity index (χ4n) is 2.61. The fourth-order valence-corrected chi connectivity index (χ4v) is 2.61. The molecule has 0 saturated heterocycles. The van der Waals surface area contributed by atoms with Crippen molar-refractivity contribution in [2.45, 2.75) is 13.3 Å². The highest BCUT2D eigenvalue weighted by Gasteiger charge is 2.06. The van der Waals surface area contributed by atoms with Crippen molar-refractivity contribution in [1.29, 1.82) is 0 Å². The molecule has 0 spiro atoms. The zero-order valence-corrected chi connectivity index (χ0v) is 15.7. The SMILES string of the molecule is COc1ccc(CC(=O)Nc2ccc(Nc3ccc(C(C)=O)cc3)cn2)cc1. The molecule has 0 unspecified atom stereocenters. The number of carbonyl (C=O) groups excluding carboxylic acids is 2. The van der Waals surface area contributed by atoms with Gasteiger partial charge in [-0.3, -0.25) is 9.59 Å². The molecule has 142 valence electrons. The molecule has 0 bridgehead atoms. The Morgan fingerprint density at radius 1 is 0.929 bits per heavy atom. The first kappa shape index (κ1) is 19.1. The number of benzene rings is 2. The van der Waals surface area contributed by atoms with E-state index in [9.17, 15) is 9.59 Å². The lowest BCUT2D eigenvalue weighted by Crippen LogP contribution is -2.15. The Morgan fingerprint density at radius 2 is 1.61 bits per heavy atom. The minimum Gasteiger partial charge on any atom is -0.497 e. The van der Waals surface area contributed by atoms with Crippen molar-refractivity contribution in [3.05, 3.63) is 78.0 Å². The summed E-state index contributed by atoms with van der Waals surface area (Å²) >= 11 is 0. The number of methoxy groups -OCH3 is 1. The van der Waals surface area contributed by atoms with Crippen molar-refractivity contribution in [3.63, 3.8) is 0 Å². The molecule has 6 heteroatoms. The molecule has 2 N–H and O–H groups in total. The van der Waals surface area contributed by atoms with Gasteiger partial charge in [0.15, 0.2) is 5.78 Å². The number of amides is 1. The first-order chi connectivity index (χ1) is 13.5. The summed E-state index contributed by atoms with van der Waals surface area (Å²) in [6.45, 7) is 1.54. The maximum absolute atomic E-state index is 12.2. The van der Waals surface area contributed by atoms with Gasteiger partial charge in [0, 0.05) is 11.3 Å². The predicted octanol–water partition coefficient (Wildman–Crippen LogP) is 4.22. The van der Waals surface area contributed by atoms with E-state index in [4.69, 9.17) is 4.74 Å². The molecule has 1 aromatic heterocycles. The number of hydrogen-bond acceptors (Lipinski definition) is 5. The fraction of sp³-hybridized carbons (Fsp3) is 0.136. The van der Waals surface area contributed by atoms with Gasteiger partial charge in [0.05, 0.1) is 25.4 Å². The van der Waals surface area contributed by atoms with Crippen LogP contribution in [-0.4, -0.2) is 23.8 Å². The Labute approximate surface area is 163 Å². The molecule has 28 heavy (non-hydrogen) atoms. The summed E-state index contributed by atoms with van der Waals surface area (Å²) in [5.41, 5.74) is 3.19. The van der Waals surface area contributed by atoms with E-state index in [0.29, 0.717) is 11.4 Å². The van der Waals surface area contributed by atoms with Gasteiger partial charge in [-0.25, -0.2) is 4.98 Å². The van der Waals surface area contributed by atoms with E-state index in [1.807, 2.05) is 42.5 Å². The van der Waals surface area contributed by atoms with Crippen molar-refractivity contribution in [2.24, 2.45) is 0 Å². The number of aromatic nitrogens is 1. The number of pyridine rings is 1. The second-order valence-corrected chi connectivity index (χ2v) is 6.26. The van der Waals surface area contributed by atoms with Crippen LogP contribution in [0.3, 0.4) is 0 Å². The van der Waals surface area contributed by atoms with E-state index in [-0.39, 0.29) is 18.1 Å². The molecule has 0 saturated carbocycles. The van der Waals surface area contributed by atoms with Gasteiger partial charge in [-0.15, -0.1) is 0 Å². The van der Waals surface area contributed by atoms with Crippen LogP contribution in [0.2, 0.25) is 0 Å². The van der Waals surface area contributed by atoms with Gasteiger partial charge < -0.3 is 15.4 Å². The van der Waals surface area contributed by atoms with Crippen LogP contribution in [0.4, 0.5) is 17.2 Å². The first-order valence-corrected chi connectivity index (χ1v) is 8.80. The van der Waals surface area contributed by atoms with Crippen LogP contribution in [0, 0.1) is 0 Å². The lowest BCUT2D eigenvalue weighted by atomic mass is 10.1. The number of ether oxygens (including phenoxy) is 1. The van der Waals surface area contributed by atoms with Crippen molar-refractivity contribution in [3.8, 4) is 5.75 Å². The lowest BCUT2D eigenvalue weighted by molar-refractivity contribution is -0.115. The second kappa shape index (κ2) is 8.81. The minimum absolute atomic E-state index is 0.0305. The maximum atomic E-state index is 12.2. The predicted molar refractivity (Wildman–Crippen MR) is 109 cm³/mol. The zero-order valence-electron chi connectivity index (χ0n) is 15.7. The zero-order chi connectivity index (χ0) is 19.9. The quantitative estimate of drug-likeness (QED) is 0.605. The number of carbonyl (C=O) groups is 2. The molecule has 0 radical (unpaired) electrons. The second-order valence-electron chi connectivity index (χ2n) is 6.26. The van der Waals surface area contributed by atoms with E-state index in [0.717, 1.165) is 22.7 Å². The van der Waals surface area contributed by atoms with Crippen molar-refractivity contribution in [2.75, 3.05) is 17.7 Å². The third kappa shape index (κ3) is 5.17. The largest absolute Gasteiger partial charge is 0.497 e. The minimum atomic E-state index is -0.141. The number of hydrogen-bond donors (Lipinski definition) is 2. The number of anilines is 3. The van der Waals surface area contributed by atoms with Crippen molar-refractivity contribution in [1.82, 2.24) is 4.98 Å². The average molecular weight is 375 g/mol. The van der Waals surface area contributed by atoms with Crippen molar-refractivity contribution < 1.29 is 14.3 Å². The van der Waals surface area contributed by atoms with Crippen LogP contribution in [0.25, 0.3) is 0 Å². The topological polar surface area (TPSA) is 80.3 Å². The van der Waals surface area contributed by atoms with E-state index in [1.165, 1.54) is 6.92 Å². The number of rotatable bonds is 7. The Balaban J connectivity index is 1.55. The molecule has 1 heterocycles. The van der Waals surface area contributed by atoms with E-state index < -0.39 is 0 Å². The summed E-state index contributed by atoms with van der Waals surface area (Å²) in [6, 6.07) is 18.1. The highest BCUT2D eigenvalue weighted by molar-refractivity contribution is 5.94. The van der Waals surface area contributed by atoms with E-state index >= 15 is 0 Å². The normalized spacial score (nSPS) is 10.2. The highest BCUT2D eigenvalue weighted by Crippen LogP contribution is 2.18. The monoisotopic (exact) mass is 375 g/mol. The Hall–Kier alpha value is -3.67. The third-order valence-corrected chi connectivity index (χ3v) is 4.13. The average Bonchev–Trinajstić information content (AvgIpc) is 2.70. The van der Waals surface area contributed by atoms with Gasteiger partial charge in [0.2, 0.25) is 5.91 Å². The number of nitrogens with zero attached hydrogens (tertiary/aromatic N) is 1. The van der Waals surface area contributed by atoms with Crippen LogP contribution in [0.5, 0.6) is 5.75 Å². The van der Waals surface area contributed by atoms with Gasteiger partial charge in [-0.2, -0.15) is 0 Å². The maximum Gasteiger partial charge on any atom is 0.229 e.